The van der Waals surface area contributed by atoms with E-state index in [1.807, 2.05) is 27.7 Å². The van der Waals surface area contributed by atoms with Crippen LogP contribution >= 0.6 is 0 Å². The molecule has 29 heavy (non-hydrogen) atoms. The van der Waals surface area contributed by atoms with Crippen LogP contribution in [0.2, 0.25) is 0 Å². The largest absolute Gasteiger partial charge is 0.465 e. The Morgan fingerprint density at radius 3 is 2.34 bits per heavy atom. The summed E-state index contributed by atoms with van der Waals surface area (Å²) in [6.07, 6.45) is 0.246. The molecule has 0 bridgehead atoms. The minimum atomic E-state index is -0.698. The summed E-state index contributed by atoms with van der Waals surface area (Å²) in [7, 11) is 2.49. The standard InChI is InChI=1S/C20H27N3O6/c1-11-9-22(19(26)29-20(2,3)4)10-13-7-12-8-14(17(24)27-5)15(18(25)28-6)21-16(12)23(11)13/h8,11,13H,7,9-10H2,1-6H3/t11-,13-/m1/s1. The average molecular weight is 405 g/mol. The molecule has 1 aromatic rings. The van der Waals surface area contributed by atoms with E-state index >= 15 is 0 Å². The van der Waals surface area contributed by atoms with Crippen LogP contribution in [-0.4, -0.2) is 72.9 Å². The van der Waals surface area contributed by atoms with Crippen LogP contribution in [0.3, 0.4) is 0 Å². The Balaban J connectivity index is 1.92. The van der Waals surface area contributed by atoms with Gasteiger partial charge in [-0.3, -0.25) is 0 Å². The molecular weight excluding hydrogens is 378 g/mol. The summed E-state index contributed by atoms with van der Waals surface area (Å²) in [5.74, 6) is -0.704. The van der Waals surface area contributed by atoms with Crippen molar-refractivity contribution in [1.82, 2.24) is 9.88 Å². The van der Waals surface area contributed by atoms with Gasteiger partial charge >= 0.3 is 18.0 Å². The van der Waals surface area contributed by atoms with Crippen molar-refractivity contribution in [3.63, 3.8) is 0 Å². The molecular formula is C20H27N3O6. The Hall–Kier alpha value is -2.84. The number of hydrogen-bond acceptors (Lipinski definition) is 8. The molecule has 1 amide bonds. The Morgan fingerprint density at radius 2 is 1.76 bits per heavy atom. The highest BCUT2D eigenvalue weighted by molar-refractivity contribution is 6.02. The summed E-state index contributed by atoms with van der Waals surface area (Å²) >= 11 is 0. The average Bonchev–Trinajstić information content (AvgIpc) is 3.02. The maximum atomic E-state index is 12.5. The van der Waals surface area contributed by atoms with E-state index in [0.29, 0.717) is 25.3 Å². The molecule has 0 aromatic carbocycles. The van der Waals surface area contributed by atoms with Crippen LogP contribution in [0.25, 0.3) is 0 Å². The van der Waals surface area contributed by atoms with E-state index in [-0.39, 0.29) is 29.4 Å². The lowest BCUT2D eigenvalue weighted by molar-refractivity contribution is 0.0191. The Kier molecular flexibility index (Phi) is 5.42. The maximum Gasteiger partial charge on any atom is 0.410 e. The summed E-state index contributed by atoms with van der Waals surface area (Å²) in [4.78, 5) is 45.2. The molecule has 0 N–H and O–H groups in total. The van der Waals surface area contributed by atoms with Gasteiger partial charge < -0.3 is 24.0 Å². The topological polar surface area (TPSA) is 98.3 Å². The normalized spacial score (nSPS) is 20.6. The molecule has 1 aromatic heterocycles. The first-order valence-electron chi connectivity index (χ1n) is 9.52. The number of carbonyl (C=O) groups is 3. The van der Waals surface area contributed by atoms with Crippen LogP contribution in [0.1, 0.15) is 54.1 Å². The summed E-state index contributed by atoms with van der Waals surface area (Å²) in [6.45, 7) is 8.44. The first-order valence-corrected chi connectivity index (χ1v) is 9.52. The number of fused-ring (bicyclic) bond motifs is 3. The third-order valence-corrected chi connectivity index (χ3v) is 5.00. The number of esters is 2. The summed E-state index contributed by atoms with van der Waals surface area (Å²) in [5, 5.41) is 0. The molecule has 2 aliphatic heterocycles. The number of hydrogen-bond donors (Lipinski definition) is 0. The lowest BCUT2D eigenvalue weighted by Gasteiger charge is -2.43. The molecule has 0 spiro atoms. The second kappa shape index (κ2) is 7.53. The summed E-state index contributed by atoms with van der Waals surface area (Å²) in [6, 6.07) is 1.58. The van der Waals surface area contributed by atoms with Gasteiger partial charge in [-0.2, -0.15) is 0 Å². The fourth-order valence-electron chi connectivity index (χ4n) is 3.89. The van der Waals surface area contributed by atoms with Crippen LogP contribution in [-0.2, 0) is 20.6 Å². The molecule has 1 fully saturated rings. The highest BCUT2D eigenvalue weighted by atomic mass is 16.6. The smallest absolute Gasteiger partial charge is 0.410 e. The predicted octanol–water partition coefficient (Wildman–Crippen LogP) is 2.03. The van der Waals surface area contributed by atoms with Crippen LogP contribution in [0.4, 0.5) is 10.6 Å². The molecule has 0 radical (unpaired) electrons. The van der Waals surface area contributed by atoms with Crippen LogP contribution in [0.5, 0.6) is 0 Å². The Bertz CT molecular complexity index is 847. The third kappa shape index (κ3) is 3.99. The molecule has 0 unspecified atom stereocenters. The molecule has 2 atom stereocenters. The highest BCUT2D eigenvalue weighted by Crippen LogP contribution is 2.37. The number of nitrogens with zero attached hydrogens (tertiary/aromatic N) is 3. The lowest BCUT2D eigenvalue weighted by atomic mass is 10.1. The van der Waals surface area contributed by atoms with Gasteiger partial charge in [0.15, 0.2) is 5.69 Å². The van der Waals surface area contributed by atoms with Gasteiger partial charge in [0.25, 0.3) is 0 Å². The van der Waals surface area contributed by atoms with Crippen molar-refractivity contribution in [2.45, 2.75) is 51.8 Å². The molecule has 3 rings (SSSR count). The second-order valence-corrected chi connectivity index (χ2v) is 8.35. The van der Waals surface area contributed by atoms with E-state index in [4.69, 9.17) is 14.2 Å². The number of amides is 1. The number of ether oxygens (including phenoxy) is 3. The number of aromatic nitrogens is 1. The second-order valence-electron chi connectivity index (χ2n) is 8.35. The molecule has 0 saturated carbocycles. The quantitative estimate of drug-likeness (QED) is 0.544. The Labute approximate surface area is 169 Å². The van der Waals surface area contributed by atoms with Gasteiger partial charge in [0, 0.05) is 19.1 Å². The zero-order valence-electron chi connectivity index (χ0n) is 17.6. The highest BCUT2D eigenvalue weighted by Gasteiger charge is 2.42. The molecule has 3 heterocycles. The van der Waals surface area contributed by atoms with Crippen molar-refractivity contribution < 1.29 is 28.6 Å². The van der Waals surface area contributed by atoms with Gasteiger partial charge in [-0.25, -0.2) is 19.4 Å². The van der Waals surface area contributed by atoms with Crippen LogP contribution in [0.15, 0.2) is 6.07 Å². The van der Waals surface area contributed by atoms with E-state index in [1.54, 1.807) is 11.0 Å². The van der Waals surface area contributed by atoms with E-state index in [9.17, 15) is 14.4 Å². The van der Waals surface area contributed by atoms with Crippen molar-refractivity contribution in [2.75, 3.05) is 32.2 Å². The fourth-order valence-corrected chi connectivity index (χ4v) is 3.89. The van der Waals surface area contributed by atoms with Crippen LogP contribution in [0, 0.1) is 0 Å². The number of methoxy groups -OCH3 is 2. The van der Waals surface area contributed by atoms with Crippen molar-refractivity contribution in [3.05, 3.63) is 22.9 Å². The Morgan fingerprint density at radius 1 is 1.10 bits per heavy atom. The van der Waals surface area contributed by atoms with Crippen molar-refractivity contribution in [2.24, 2.45) is 0 Å². The molecule has 1 saturated heterocycles. The molecule has 2 aliphatic rings. The molecule has 158 valence electrons. The minimum absolute atomic E-state index is 0.0211. The third-order valence-electron chi connectivity index (χ3n) is 5.00. The van der Waals surface area contributed by atoms with Gasteiger partial charge in [-0.15, -0.1) is 0 Å². The number of pyridine rings is 1. The van der Waals surface area contributed by atoms with Gasteiger partial charge in [0.1, 0.15) is 11.4 Å². The van der Waals surface area contributed by atoms with Crippen molar-refractivity contribution >= 4 is 23.8 Å². The number of anilines is 1. The minimum Gasteiger partial charge on any atom is -0.465 e. The van der Waals surface area contributed by atoms with Gasteiger partial charge in [0.2, 0.25) is 0 Å². The first kappa shape index (κ1) is 20.9. The maximum absolute atomic E-state index is 12.5. The molecule has 9 nitrogen and oxygen atoms in total. The summed E-state index contributed by atoms with van der Waals surface area (Å²) in [5.41, 5.74) is 0.277. The van der Waals surface area contributed by atoms with Gasteiger partial charge in [-0.1, -0.05) is 0 Å². The number of rotatable bonds is 2. The van der Waals surface area contributed by atoms with Crippen LogP contribution < -0.4 is 4.90 Å². The van der Waals surface area contributed by atoms with E-state index < -0.39 is 17.5 Å². The van der Waals surface area contributed by atoms with Crippen molar-refractivity contribution in [1.29, 1.82) is 0 Å². The van der Waals surface area contributed by atoms with Gasteiger partial charge in [-0.05, 0) is 45.7 Å². The van der Waals surface area contributed by atoms with E-state index in [2.05, 4.69) is 9.88 Å². The zero-order chi connectivity index (χ0) is 21.5. The lowest BCUT2D eigenvalue weighted by Crippen LogP contribution is -2.58. The first-order chi connectivity index (χ1) is 13.6. The monoisotopic (exact) mass is 405 g/mol. The van der Waals surface area contributed by atoms with Crippen molar-refractivity contribution in [3.8, 4) is 0 Å². The predicted molar refractivity (Wildman–Crippen MR) is 104 cm³/mol. The summed E-state index contributed by atoms with van der Waals surface area (Å²) < 4.78 is 15.1. The number of piperazine rings is 1. The number of carbonyl (C=O) groups excluding carboxylic acids is 3. The molecule has 9 heteroatoms. The zero-order valence-corrected chi connectivity index (χ0v) is 17.6. The fraction of sp³-hybridized carbons (Fsp3) is 0.600. The van der Waals surface area contributed by atoms with E-state index in [1.165, 1.54) is 14.2 Å². The SMILES string of the molecule is COC(=O)c1cc2c(nc1C(=O)OC)N1[C@H](C2)CN(C(=O)OC(C)(C)C)C[C@H]1C. The molecule has 0 aliphatic carbocycles. The van der Waals surface area contributed by atoms with Gasteiger partial charge in [0.05, 0.1) is 25.8 Å². The van der Waals surface area contributed by atoms with E-state index in [0.717, 1.165) is 5.56 Å².